The first kappa shape index (κ1) is 13.2. The van der Waals surface area contributed by atoms with E-state index in [1.54, 1.807) is 26.0 Å². The Hall–Kier alpha value is -2.76. The van der Waals surface area contributed by atoms with Crippen molar-refractivity contribution in [1.29, 1.82) is 0 Å². The van der Waals surface area contributed by atoms with Crippen LogP contribution in [0, 0.1) is 0 Å². The van der Waals surface area contributed by atoms with E-state index >= 15 is 0 Å². The number of fused-ring (bicyclic) bond motifs is 1. The van der Waals surface area contributed by atoms with E-state index in [0.717, 1.165) is 16.7 Å². The molecule has 0 saturated heterocycles. The second kappa shape index (κ2) is 5.32. The number of aromatic nitrogens is 3. The van der Waals surface area contributed by atoms with Gasteiger partial charge < -0.3 is 14.2 Å². The Morgan fingerprint density at radius 3 is 2.19 bits per heavy atom. The SMILES string of the molecule is COc1cc(-n2nnc3ccccc32)cc(OC)c1OC. The van der Waals surface area contributed by atoms with Crippen molar-refractivity contribution in [3.63, 3.8) is 0 Å². The summed E-state index contributed by atoms with van der Waals surface area (Å²) >= 11 is 0. The number of benzene rings is 2. The lowest BCUT2D eigenvalue weighted by Gasteiger charge is -2.14. The fourth-order valence-electron chi connectivity index (χ4n) is 2.25. The Morgan fingerprint density at radius 1 is 0.905 bits per heavy atom. The third kappa shape index (κ3) is 2.14. The van der Waals surface area contributed by atoms with Gasteiger partial charge in [0.15, 0.2) is 11.5 Å². The van der Waals surface area contributed by atoms with Gasteiger partial charge in [0.2, 0.25) is 5.75 Å². The van der Waals surface area contributed by atoms with Crippen LogP contribution in [0.2, 0.25) is 0 Å². The van der Waals surface area contributed by atoms with E-state index in [-0.39, 0.29) is 0 Å². The zero-order valence-corrected chi connectivity index (χ0v) is 12.0. The summed E-state index contributed by atoms with van der Waals surface area (Å²) in [6.07, 6.45) is 0. The van der Waals surface area contributed by atoms with Crippen LogP contribution in [0.1, 0.15) is 0 Å². The first-order chi connectivity index (χ1) is 10.3. The highest BCUT2D eigenvalue weighted by Gasteiger charge is 2.15. The molecule has 0 aliphatic rings. The van der Waals surface area contributed by atoms with E-state index in [4.69, 9.17) is 14.2 Å². The summed E-state index contributed by atoms with van der Waals surface area (Å²) in [5, 5.41) is 8.34. The molecule has 6 nitrogen and oxygen atoms in total. The third-order valence-electron chi connectivity index (χ3n) is 3.25. The van der Waals surface area contributed by atoms with Gasteiger partial charge in [0.05, 0.1) is 32.5 Å². The van der Waals surface area contributed by atoms with E-state index in [1.165, 1.54) is 0 Å². The average molecular weight is 285 g/mol. The molecule has 21 heavy (non-hydrogen) atoms. The summed E-state index contributed by atoms with van der Waals surface area (Å²) in [6, 6.07) is 11.4. The summed E-state index contributed by atoms with van der Waals surface area (Å²) in [4.78, 5) is 0. The van der Waals surface area contributed by atoms with Gasteiger partial charge in [-0.15, -0.1) is 5.10 Å². The molecule has 0 amide bonds. The second-order valence-electron chi connectivity index (χ2n) is 4.37. The van der Waals surface area contributed by atoms with Crippen LogP contribution in [0.25, 0.3) is 16.7 Å². The fourth-order valence-corrected chi connectivity index (χ4v) is 2.25. The van der Waals surface area contributed by atoms with Crippen molar-refractivity contribution in [2.45, 2.75) is 0 Å². The molecule has 3 aromatic rings. The van der Waals surface area contributed by atoms with Gasteiger partial charge in [-0.3, -0.25) is 0 Å². The summed E-state index contributed by atoms with van der Waals surface area (Å²) in [5.74, 6) is 1.70. The van der Waals surface area contributed by atoms with E-state index in [0.29, 0.717) is 17.2 Å². The Kier molecular flexibility index (Phi) is 3.35. The molecule has 1 aromatic heterocycles. The van der Waals surface area contributed by atoms with Crippen LogP contribution in [-0.4, -0.2) is 36.3 Å². The largest absolute Gasteiger partial charge is 0.493 e. The van der Waals surface area contributed by atoms with Crippen molar-refractivity contribution < 1.29 is 14.2 Å². The normalized spacial score (nSPS) is 10.6. The molecular weight excluding hydrogens is 270 g/mol. The van der Waals surface area contributed by atoms with Gasteiger partial charge in [-0.05, 0) is 12.1 Å². The van der Waals surface area contributed by atoms with Gasteiger partial charge in [-0.1, -0.05) is 17.3 Å². The number of hydrogen-bond acceptors (Lipinski definition) is 5. The fraction of sp³-hybridized carbons (Fsp3) is 0.200. The lowest BCUT2D eigenvalue weighted by atomic mass is 10.2. The van der Waals surface area contributed by atoms with Crippen molar-refractivity contribution >= 4 is 11.0 Å². The molecular formula is C15H15N3O3. The summed E-state index contributed by atoms with van der Waals surface area (Å²) < 4.78 is 17.8. The van der Waals surface area contributed by atoms with E-state index in [9.17, 15) is 0 Å². The van der Waals surface area contributed by atoms with Crippen molar-refractivity contribution in [1.82, 2.24) is 15.0 Å². The number of rotatable bonds is 4. The Morgan fingerprint density at radius 2 is 1.57 bits per heavy atom. The molecule has 0 spiro atoms. The van der Waals surface area contributed by atoms with Gasteiger partial charge in [0.1, 0.15) is 5.52 Å². The Bertz CT molecular complexity index is 758. The molecule has 0 aliphatic heterocycles. The van der Waals surface area contributed by atoms with Gasteiger partial charge in [-0.2, -0.15) is 0 Å². The minimum atomic E-state index is 0.549. The summed E-state index contributed by atoms with van der Waals surface area (Å²) in [7, 11) is 4.74. The molecule has 0 unspecified atom stereocenters. The highest BCUT2D eigenvalue weighted by Crippen LogP contribution is 2.39. The number of ether oxygens (including phenoxy) is 3. The molecule has 0 N–H and O–H groups in total. The van der Waals surface area contributed by atoms with Crippen molar-refractivity contribution in [2.75, 3.05) is 21.3 Å². The van der Waals surface area contributed by atoms with Crippen LogP contribution in [0.15, 0.2) is 36.4 Å². The molecule has 3 rings (SSSR count). The number of nitrogens with zero attached hydrogens (tertiary/aromatic N) is 3. The maximum Gasteiger partial charge on any atom is 0.203 e. The monoisotopic (exact) mass is 285 g/mol. The third-order valence-corrected chi connectivity index (χ3v) is 3.25. The van der Waals surface area contributed by atoms with Gasteiger partial charge in [0.25, 0.3) is 0 Å². The number of methoxy groups -OCH3 is 3. The molecule has 0 radical (unpaired) electrons. The number of hydrogen-bond donors (Lipinski definition) is 0. The van der Waals surface area contributed by atoms with E-state index in [1.807, 2.05) is 36.4 Å². The molecule has 6 heteroatoms. The zero-order valence-electron chi connectivity index (χ0n) is 12.0. The quantitative estimate of drug-likeness (QED) is 0.737. The Balaban J connectivity index is 2.23. The number of para-hydroxylation sites is 1. The van der Waals surface area contributed by atoms with Crippen molar-refractivity contribution in [3.8, 4) is 22.9 Å². The van der Waals surface area contributed by atoms with E-state index in [2.05, 4.69) is 10.3 Å². The highest BCUT2D eigenvalue weighted by molar-refractivity contribution is 5.76. The Labute approximate surface area is 121 Å². The average Bonchev–Trinajstić information content (AvgIpc) is 2.97. The molecule has 0 atom stereocenters. The predicted octanol–water partition coefficient (Wildman–Crippen LogP) is 2.45. The van der Waals surface area contributed by atoms with Crippen LogP contribution in [0.3, 0.4) is 0 Å². The first-order valence-electron chi connectivity index (χ1n) is 6.39. The topological polar surface area (TPSA) is 58.4 Å². The molecule has 0 saturated carbocycles. The second-order valence-corrected chi connectivity index (χ2v) is 4.37. The zero-order chi connectivity index (χ0) is 14.8. The van der Waals surface area contributed by atoms with Crippen LogP contribution < -0.4 is 14.2 Å². The minimum absolute atomic E-state index is 0.549. The summed E-state index contributed by atoms with van der Waals surface area (Å²) in [6.45, 7) is 0. The standard InChI is InChI=1S/C15H15N3O3/c1-19-13-8-10(9-14(20-2)15(13)21-3)18-12-7-5-4-6-11(12)16-17-18/h4-9H,1-3H3. The van der Waals surface area contributed by atoms with Crippen LogP contribution in [-0.2, 0) is 0 Å². The lowest BCUT2D eigenvalue weighted by molar-refractivity contribution is 0.324. The van der Waals surface area contributed by atoms with Gasteiger partial charge in [-0.25, -0.2) is 4.68 Å². The maximum atomic E-state index is 5.36. The molecule has 2 aromatic carbocycles. The minimum Gasteiger partial charge on any atom is -0.493 e. The molecule has 0 bridgehead atoms. The van der Waals surface area contributed by atoms with Gasteiger partial charge >= 0.3 is 0 Å². The first-order valence-corrected chi connectivity index (χ1v) is 6.39. The highest BCUT2D eigenvalue weighted by atomic mass is 16.5. The lowest BCUT2D eigenvalue weighted by Crippen LogP contribution is -2.01. The maximum absolute atomic E-state index is 5.36. The molecule has 0 aliphatic carbocycles. The molecule has 1 heterocycles. The van der Waals surface area contributed by atoms with Crippen molar-refractivity contribution in [2.24, 2.45) is 0 Å². The predicted molar refractivity (Wildman–Crippen MR) is 78.5 cm³/mol. The summed E-state index contributed by atoms with van der Waals surface area (Å²) in [5.41, 5.74) is 2.52. The van der Waals surface area contributed by atoms with Gasteiger partial charge in [0, 0.05) is 12.1 Å². The van der Waals surface area contributed by atoms with Crippen LogP contribution in [0.4, 0.5) is 0 Å². The van der Waals surface area contributed by atoms with Crippen LogP contribution in [0.5, 0.6) is 17.2 Å². The molecule has 108 valence electrons. The smallest absolute Gasteiger partial charge is 0.203 e. The van der Waals surface area contributed by atoms with Crippen molar-refractivity contribution in [3.05, 3.63) is 36.4 Å². The van der Waals surface area contributed by atoms with Crippen LogP contribution >= 0.6 is 0 Å². The van der Waals surface area contributed by atoms with E-state index < -0.39 is 0 Å². The molecule has 0 fully saturated rings.